The van der Waals surface area contributed by atoms with Gasteiger partial charge in [-0.15, -0.1) is 0 Å². The number of aromatic nitrogens is 1. The van der Waals surface area contributed by atoms with Crippen LogP contribution in [-0.2, 0) is 11.4 Å². The summed E-state index contributed by atoms with van der Waals surface area (Å²) >= 11 is 14.9. The first kappa shape index (κ1) is 24.3. The van der Waals surface area contributed by atoms with Crippen molar-refractivity contribution in [3.8, 4) is 11.5 Å². The molecule has 1 N–H and O–H groups in total. The predicted octanol–water partition coefficient (Wildman–Crippen LogP) is 6.25. The number of hydrogen-bond acceptors (Lipinski definition) is 5. The van der Waals surface area contributed by atoms with Gasteiger partial charge < -0.3 is 9.47 Å². The molecule has 1 amide bonds. The van der Waals surface area contributed by atoms with Gasteiger partial charge in [-0.3, -0.25) is 9.78 Å². The highest BCUT2D eigenvalue weighted by atomic mass is 127. The first-order valence-corrected chi connectivity index (χ1v) is 12.0. The summed E-state index contributed by atoms with van der Waals surface area (Å²) in [7, 11) is 0. The van der Waals surface area contributed by atoms with Gasteiger partial charge >= 0.3 is 0 Å². The van der Waals surface area contributed by atoms with Crippen LogP contribution in [-0.4, -0.2) is 23.7 Å². The van der Waals surface area contributed by atoms with Crippen LogP contribution in [0.15, 0.2) is 78.0 Å². The number of benzene rings is 3. The lowest BCUT2D eigenvalue weighted by Gasteiger charge is -2.11. The van der Waals surface area contributed by atoms with Crippen LogP contribution in [0.25, 0.3) is 10.9 Å². The Morgan fingerprint density at radius 3 is 2.53 bits per heavy atom. The van der Waals surface area contributed by atoms with Gasteiger partial charge in [0, 0.05) is 15.2 Å². The minimum atomic E-state index is -0.418. The van der Waals surface area contributed by atoms with E-state index in [0.717, 1.165) is 14.5 Å². The molecule has 4 aromatic rings. The third-order valence-electron chi connectivity index (χ3n) is 4.67. The fraction of sp³-hybridized carbons (Fsp3) is 0.0800. The van der Waals surface area contributed by atoms with Gasteiger partial charge in [-0.25, -0.2) is 5.43 Å². The molecule has 1 aromatic heterocycles. The largest absolute Gasteiger partial charge is 0.486 e. The molecule has 3 aromatic carbocycles. The Hall–Kier alpha value is -2.88. The summed E-state index contributed by atoms with van der Waals surface area (Å²) in [6.07, 6.45) is 3.12. The third-order valence-corrected chi connectivity index (χ3v) is 5.96. The minimum absolute atomic E-state index is 0.208. The fourth-order valence-corrected chi connectivity index (χ4v) is 4.05. The molecular weight excluding hydrogens is 588 g/mol. The van der Waals surface area contributed by atoms with Crippen LogP contribution in [0.1, 0.15) is 11.1 Å². The molecule has 0 bridgehead atoms. The topological polar surface area (TPSA) is 72.8 Å². The Kier molecular flexibility index (Phi) is 8.21. The molecule has 0 spiro atoms. The number of halogens is 3. The molecule has 6 nitrogen and oxygen atoms in total. The number of nitrogens with zero attached hydrogens (tertiary/aromatic N) is 2. The van der Waals surface area contributed by atoms with Crippen LogP contribution in [0, 0.1) is 3.57 Å². The zero-order valence-corrected chi connectivity index (χ0v) is 21.3. The number of amides is 1. The monoisotopic (exact) mass is 605 g/mol. The van der Waals surface area contributed by atoms with Crippen molar-refractivity contribution in [1.82, 2.24) is 10.4 Å². The van der Waals surface area contributed by atoms with E-state index in [0.29, 0.717) is 39.2 Å². The molecule has 34 heavy (non-hydrogen) atoms. The summed E-state index contributed by atoms with van der Waals surface area (Å²) < 4.78 is 12.5. The van der Waals surface area contributed by atoms with E-state index in [-0.39, 0.29) is 6.61 Å². The number of rotatable bonds is 8. The number of fused-ring (bicyclic) bond motifs is 1. The van der Waals surface area contributed by atoms with Crippen molar-refractivity contribution >= 4 is 68.8 Å². The molecule has 0 atom stereocenters. The van der Waals surface area contributed by atoms with Crippen molar-refractivity contribution in [1.29, 1.82) is 0 Å². The van der Waals surface area contributed by atoms with Crippen LogP contribution in [0.4, 0.5) is 0 Å². The number of pyridine rings is 1. The molecule has 0 aliphatic carbocycles. The number of hydrogen-bond donors (Lipinski definition) is 1. The van der Waals surface area contributed by atoms with E-state index >= 15 is 0 Å². The summed E-state index contributed by atoms with van der Waals surface area (Å²) in [5.74, 6) is 0.496. The zero-order chi connectivity index (χ0) is 23.9. The summed E-state index contributed by atoms with van der Waals surface area (Å²) in [6.45, 7) is 0.131. The van der Waals surface area contributed by atoms with Gasteiger partial charge in [-0.1, -0.05) is 53.5 Å². The second-order valence-corrected chi connectivity index (χ2v) is 9.20. The van der Waals surface area contributed by atoms with E-state index in [1.807, 2.05) is 48.5 Å². The molecule has 172 valence electrons. The first-order chi connectivity index (χ1) is 16.5. The summed E-state index contributed by atoms with van der Waals surface area (Å²) in [5.41, 5.74) is 4.72. The maximum absolute atomic E-state index is 12.1. The maximum Gasteiger partial charge on any atom is 0.277 e. The standard InChI is InChI=1S/C25H18Cl2IN3O3/c26-20-11-17(12-21(27)25(20)34-14-16-6-8-19(28)9-7-16)13-30-31-23(32)15-33-22-5-1-3-18-4-2-10-29-24(18)22/h1-13H,14-15H2,(H,31,32)/b30-13+. The molecule has 0 saturated heterocycles. The Morgan fingerprint density at radius 2 is 1.76 bits per heavy atom. The van der Waals surface area contributed by atoms with E-state index in [1.54, 1.807) is 24.4 Å². The number of nitrogens with one attached hydrogen (secondary N) is 1. The van der Waals surface area contributed by atoms with Gasteiger partial charge in [0.1, 0.15) is 17.9 Å². The SMILES string of the molecule is O=C(COc1cccc2cccnc12)N/N=C/c1cc(Cl)c(OCc2ccc(I)cc2)c(Cl)c1. The van der Waals surface area contributed by atoms with Crippen LogP contribution in [0.2, 0.25) is 10.0 Å². The Morgan fingerprint density at radius 1 is 1.03 bits per heavy atom. The van der Waals surface area contributed by atoms with Crippen LogP contribution in [0.5, 0.6) is 11.5 Å². The van der Waals surface area contributed by atoms with Crippen molar-refractivity contribution in [3.63, 3.8) is 0 Å². The minimum Gasteiger partial charge on any atom is -0.486 e. The number of ether oxygens (including phenoxy) is 2. The van der Waals surface area contributed by atoms with Crippen LogP contribution >= 0.6 is 45.8 Å². The van der Waals surface area contributed by atoms with Gasteiger partial charge in [-0.05, 0) is 70.1 Å². The predicted molar refractivity (Wildman–Crippen MR) is 143 cm³/mol. The first-order valence-electron chi connectivity index (χ1n) is 10.1. The zero-order valence-electron chi connectivity index (χ0n) is 17.7. The molecule has 4 rings (SSSR count). The smallest absolute Gasteiger partial charge is 0.277 e. The maximum atomic E-state index is 12.1. The van der Waals surface area contributed by atoms with E-state index in [1.165, 1.54) is 6.21 Å². The van der Waals surface area contributed by atoms with E-state index in [9.17, 15) is 4.79 Å². The normalized spacial score (nSPS) is 11.0. The van der Waals surface area contributed by atoms with E-state index < -0.39 is 5.91 Å². The lowest BCUT2D eigenvalue weighted by atomic mass is 10.2. The van der Waals surface area contributed by atoms with Gasteiger partial charge in [0.25, 0.3) is 5.91 Å². The van der Waals surface area contributed by atoms with Crippen molar-refractivity contribution in [2.75, 3.05) is 6.61 Å². The molecule has 0 fully saturated rings. The average molecular weight is 606 g/mol. The molecule has 9 heteroatoms. The van der Waals surface area contributed by atoms with Crippen molar-refractivity contribution < 1.29 is 14.3 Å². The second-order valence-electron chi connectivity index (χ2n) is 7.14. The highest BCUT2D eigenvalue weighted by Crippen LogP contribution is 2.34. The van der Waals surface area contributed by atoms with Gasteiger partial charge in [0.05, 0.1) is 16.3 Å². The Balaban J connectivity index is 1.32. The Bertz CT molecular complexity index is 1320. The molecule has 0 aliphatic rings. The number of para-hydroxylation sites is 1. The molecule has 0 saturated carbocycles. The molecule has 0 unspecified atom stereocenters. The fourth-order valence-electron chi connectivity index (χ4n) is 3.08. The summed E-state index contributed by atoms with van der Waals surface area (Å²) in [4.78, 5) is 16.4. The average Bonchev–Trinajstić information content (AvgIpc) is 2.83. The molecular formula is C25H18Cl2IN3O3. The number of carbonyl (C=O) groups is 1. The van der Waals surface area contributed by atoms with Crippen LogP contribution < -0.4 is 14.9 Å². The van der Waals surface area contributed by atoms with Crippen molar-refractivity contribution in [2.24, 2.45) is 5.10 Å². The summed E-state index contributed by atoms with van der Waals surface area (Å²) in [5, 5.41) is 5.57. The van der Waals surface area contributed by atoms with Crippen molar-refractivity contribution in [3.05, 3.63) is 97.7 Å². The van der Waals surface area contributed by atoms with Crippen LogP contribution in [0.3, 0.4) is 0 Å². The highest BCUT2D eigenvalue weighted by molar-refractivity contribution is 14.1. The van der Waals surface area contributed by atoms with Gasteiger partial charge in [-0.2, -0.15) is 5.10 Å². The quantitative estimate of drug-likeness (QED) is 0.146. The summed E-state index contributed by atoms with van der Waals surface area (Å²) in [6, 6.07) is 20.6. The van der Waals surface area contributed by atoms with Gasteiger partial charge in [0.2, 0.25) is 0 Å². The number of carbonyl (C=O) groups excluding carboxylic acids is 1. The lowest BCUT2D eigenvalue weighted by molar-refractivity contribution is -0.123. The Labute approximate surface area is 220 Å². The van der Waals surface area contributed by atoms with E-state index in [4.69, 9.17) is 32.7 Å². The molecule has 1 heterocycles. The van der Waals surface area contributed by atoms with E-state index in [2.05, 4.69) is 38.1 Å². The highest BCUT2D eigenvalue weighted by Gasteiger charge is 2.10. The lowest BCUT2D eigenvalue weighted by Crippen LogP contribution is -2.24. The third kappa shape index (κ3) is 6.37. The molecule has 0 radical (unpaired) electrons. The molecule has 0 aliphatic heterocycles. The van der Waals surface area contributed by atoms with Crippen molar-refractivity contribution in [2.45, 2.75) is 6.61 Å². The van der Waals surface area contributed by atoms with Gasteiger partial charge in [0.15, 0.2) is 12.4 Å². The second kappa shape index (κ2) is 11.5. The number of hydrazone groups is 1.